The lowest BCUT2D eigenvalue weighted by Crippen LogP contribution is -2.14. The Hall–Kier alpha value is -16.4. The van der Waals surface area contributed by atoms with Crippen molar-refractivity contribution >= 4 is 147 Å². The lowest BCUT2D eigenvalue weighted by molar-refractivity contribution is 0.0817. The number of hydrogen-bond donors (Lipinski definition) is 0. The molecule has 0 radical (unpaired) electrons. The Morgan fingerprint density at radius 2 is 0.114 bits per heavy atom. The van der Waals surface area contributed by atoms with Gasteiger partial charge in [0.25, 0.3) is 0 Å². The van der Waals surface area contributed by atoms with Gasteiger partial charge in [-0.2, -0.15) is 0 Å². The average molecular weight is 1810 g/mol. The summed E-state index contributed by atoms with van der Waals surface area (Å²) in [5.41, 5.74) is 6.83. The van der Waals surface area contributed by atoms with Crippen LogP contribution in [0, 0.1) is 0 Å². The van der Waals surface area contributed by atoms with Crippen molar-refractivity contribution in [1.29, 1.82) is 0 Å². The van der Waals surface area contributed by atoms with E-state index < -0.39 is 92.5 Å². The molecule has 0 bridgehead atoms. The largest absolute Gasteiger partial charge is 2.00 e. The maximum absolute atomic E-state index is 11.8. The zero-order chi connectivity index (χ0) is 91.0. The van der Waals surface area contributed by atoms with Crippen LogP contribution in [-0.2, 0) is 54.0 Å². The van der Waals surface area contributed by atoms with Gasteiger partial charge in [0.1, 0.15) is 0 Å². The van der Waals surface area contributed by atoms with Gasteiger partial charge in [0.15, 0.2) is 0 Å². The lowest BCUT2D eigenvalue weighted by Gasteiger charge is -2.00. The van der Waals surface area contributed by atoms with Crippen molar-refractivity contribution in [2.24, 2.45) is 0 Å². The van der Waals surface area contributed by atoms with Gasteiger partial charge in [-0.15, -0.1) is 0 Å². The summed E-state index contributed by atoms with van der Waals surface area (Å²) in [5, 5.41) is 0. The van der Waals surface area contributed by atoms with E-state index in [0.717, 1.165) is 0 Å². The lowest BCUT2D eigenvalue weighted by atomic mass is 10.0. The van der Waals surface area contributed by atoms with E-state index in [-0.39, 0.29) is 54.0 Å². The van der Waals surface area contributed by atoms with Crippen molar-refractivity contribution in [2.75, 3.05) is 0 Å². The third-order valence-electron chi connectivity index (χ3n) is 18.2. The van der Waals surface area contributed by atoms with Gasteiger partial charge in [-0.1, -0.05) is 485 Å². The van der Waals surface area contributed by atoms with Crippen LogP contribution in [0.3, 0.4) is 0 Å². The summed E-state index contributed by atoms with van der Waals surface area (Å²) in [6, 6.07) is 137. The van der Waals surface area contributed by atoms with Crippen molar-refractivity contribution in [3.05, 3.63) is 574 Å². The number of benzene rings is 16. The highest BCUT2D eigenvalue weighted by atomic mass is 32.1. The summed E-state index contributed by atoms with van der Waals surface area (Å²) >= 11 is 0. The second kappa shape index (κ2) is 58.1. The molecule has 0 saturated heterocycles. The van der Waals surface area contributed by atoms with E-state index in [2.05, 4.69) is 0 Å². The molecule has 0 aliphatic carbocycles. The van der Waals surface area contributed by atoms with Crippen LogP contribution in [0.25, 0.3) is 0 Å². The SMILES string of the molecule is O=C(C(=O)c1ccccc1)c1ccccc1.O=C(C(=O)c1ccccc1)c1ccccc1.O=C(C(=O)c1ccccc1)c1ccccc1.O=C(C(=O)c1ccccc1)c1ccccc1.O=C(C(=O)c1ccccc1)c1ccccc1.O=C(C(=O)c1ccccc1)c1ccccc1.O=C(C(=O)c1ccccc1)c1ccccc1.O=C(C(=O)c1ccccc1)c1ccccc1.[S-2].[S-2].[S-2].[S-2]. The van der Waals surface area contributed by atoms with Crippen molar-refractivity contribution in [1.82, 2.24) is 0 Å². The van der Waals surface area contributed by atoms with E-state index in [1.807, 2.05) is 97.1 Å². The number of rotatable bonds is 24. The molecule has 0 N–H and O–H groups in total. The Morgan fingerprint density at radius 1 is 0.0758 bits per heavy atom. The fourth-order valence-electron chi connectivity index (χ4n) is 11.5. The van der Waals surface area contributed by atoms with Crippen LogP contribution in [0.15, 0.2) is 485 Å². The summed E-state index contributed by atoms with van der Waals surface area (Å²) in [7, 11) is 0. The molecule has 16 aromatic carbocycles. The molecule has 132 heavy (non-hydrogen) atoms. The van der Waals surface area contributed by atoms with E-state index in [1.165, 1.54) is 0 Å². The van der Waals surface area contributed by atoms with Gasteiger partial charge in [-0.3, -0.25) is 76.7 Å². The minimum atomic E-state index is -0.466. The highest BCUT2D eigenvalue weighted by Crippen LogP contribution is 2.17. The van der Waals surface area contributed by atoms with E-state index in [4.69, 9.17) is 0 Å². The van der Waals surface area contributed by atoms with E-state index in [1.54, 1.807) is 388 Å². The van der Waals surface area contributed by atoms with Gasteiger partial charge >= 0.3 is 0 Å². The summed E-state index contributed by atoms with van der Waals surface area (Å²) in [5.74, 6) is -7.45. The predicted molar refractivity (Wildman–Crippen MR) is 522 cm³/mol. The molecule has 0 heterocycles. The topological polar surface area (TPSA) is 273 Å². The molecule has 0 aliphatic heterocycles. The maximum Gasteiger partial charge on any atom is 0.233 e. The Bertz CT molecular complexity index is 4820. The predicted octanol–water partition coefficient (Wildman–Crippen LogP) is 22.0. The highest BCUT2D eigenvalue weighted by molar-refractivity contribution is 7.37. The molecule has 0 spiro atoms. The number of Topliss-reactive ketones (excluding diaryl/α,β-unsaturated/α-hetero) is 16. The molecule has 16 aromatic rings. The number of carbonyl (C=O) groups is 16. The van der Waals surface area contributed by atoms with Crippen molar-refractivity contribution in [3.8, 4) is 0 Å². The van der Waals surface area contributed by atoms with Gasteiger partial charge in [0.05, 0.1) is 0 Å². The molecular weight excluding hydrogens is 1730 g/mol. The summed E-state index contributed by atoms with van der Waals surface area (Å²) < 4.78 is 0. The number of carbonyl (C=O) groups excluding carboxylic acids is 16. The standard InChI is InChI=1S/8C14H10O2.4S/c8*15-13(11-7-3-1-4-8-11)14(16)12-9-5-2-6-10-12;;;;/h8*1-10H;;;;/q;;;;;;;;4*-2. The molecule has 0 aliphatic rings. The Morgan fingerprint density at radius 3 is 0.152 bits per heavy atom. The fourth-order valence-corrected chi connectivity index (χ4v) is 11.5. The van der Waals surface area contributed by atoms with E-state index in [9.17, 15) is 76.7 Å². The number of ketones is 16. The molecular formula is C112H80O16S4-8. The normalized spacial score (nSPS) is 9.45. The molecule has 16 rings (SSSR count). The smallest absolute Gasteiger partial charge is 0.233 e. The van der Waals surface area contributed by atoms with Crippen molar-refractivity contribution in [3.63, 3.8) is 0 Å². The van der Waals surface area contributed by atoms with Crippen LogP contribution in [0.5, 0.6) is 0 Å². The zero-order valence-corrected chi connectivity index (χ0v) is 73.6. The molecule has 656 valence electrons. The van der Waals surface area contributed by atoms with Crippen LogP contribution in [0.1, 0.15) is 166 Å². The van der Waals surface area contributed by atoms with Crippen molar-refractivity contribution < 1.29 is 76.7 Å². The molecule has 20 heteroatoms. The molecule has 0 aromatic heterocycles. The second-order valence-corrected chi connectivity index (χ2v) is 27.1. The Kier molecular flexibility index (Phi) is 46.7. The number of hydrogen-bond acceptors (Lipinski definition) is 16. The third kappa shape index (κ3) is 33.4. The van der Waals surface area contributed by atoms with Gasteiger partial charge < -0.3 is 54.0 Å². The van der Waals surface area contributed by atoms with Crippen LogP contribution >= 0.6 is 0 Å². The molecule has 0 unspecified atom stereocenters. The Balaban J connectivity index is 0.000000266. The first-order chi connectivity index (χ1) is 62.3. The zero-order valence-electron chi connectivity index (χ0n) is 70.4. The summed E-state index contributed by atoms with van der Waals surface area (Å²) in [6.45, 7) is 0. The minimum Gasteiger partial charge on any atom is -2.00 e. The maximum atomic E-state index is 11.8. The van der Waals surface area contributed by atoms with Gasteiger partial charge in [0.2, 0.25) is 92.5 Å². The van der Waals surface area contributed by atoms with E-state index >= 15 is 0 Å². The minimum absolute atomic E-state index is 0. The van der Waals surface area contributed by atoms with Gasteiger partial charge in [-0.25, -0.2) is 0 Å². The highest BCUT2D eigenvalue weighted by Gasteiger charge is 2.24. The van der Waals surface area contributed by atoms with E-state index in [0.29, 0.717) is 89.0 Å². The molecule has 16 nitrogen and oxygen atoms in total. The second-order valence-electron chi connectivity index (χ2n) is 27.1. The van der Waals surface area contributed by atoms with Gasteiger partial charge in [-0.05, 0) is 0 Å². The Labute approximate surface area is 792 Å². The monoisotopic (exact) mass is 1810 g/mol. The van der Waals surface area contributed by atoms with Crippen LogP contribution in [-0.4, -0.2) is 92.5 Å². The summed E-state index contributed by atoms with van der Waals surface area (Å²) in [6.07, 6.45) is 0. The fraction of sp³-hybridized carbons (Fsp3) is 0. The van der Waals surface area contributed by atoms with Crippen LogP contribution < -0.4 is 0 Å². The first kappa shape index (κ1) is 106. The third-order valence-corrected chi connectivity index (χ3v) is 18.2. The first-order valence-corrected chi connectivity index (χ1v) is 39.8. The molecule has 0 fully saturated rings. The quantitative estimate of drug-likeness (QED) is 0.0402. The average Bonchev–Trinajstić information content (AvgIpc) is 0.894. The molecule has 0 atom stereocenters. The van der Waals surface area contributed by atoms with Crippen molar-refractivity contribution in [2.45, 2.75) is 0 Å². The first-order valence-electron chi connectivity index (χ1n) is 39.8. The van der Waals surface area contributed by atoms with Gasteiger partial charge in [0, 0.05) is 89.0 Å². The molecule has 0 saturated carbocycles. The van der Waals surface area contributed by atoms with Crippen LogP contribution in [0.2, 0.25) is 0 Å². The molecule has 0 amide bonds. The summed E-state index contributed by atoms with van der Waals surface area (Å²) in [4.78, 5) is 189. The van der Waals surface area contributed by atoms with Crippen LogP contribution in [0.4, 0.5) is 0 Å².